The van der Waals surface area contributed by atoms with Crippen molar-refractivity contribution in [2.75, 3.05) is 5.32 Å². The highest BCUT2D eigenvalue weighted by molar-refractivity contribution is 6.03. The van der Waals surface area contributed by atoms with Gasteiger partial charge in [-0.2, -0.15) is 5.10 Å². The fraction of sp³-hybridized carbons (Fsp3) is 0.133. The van der Waals surface area contributed by atoms with Gasteiger partial charge in [0.25, 0.3) is 5.91 Å². The van der Waals surface area contributed by atoms with Crippen LogP contribution < -0.4 is 5.32 Å². The molecule has 100 valence electrons. The average molecular weight is 266 g/mol. The van der Waals surface area contributed by atoms with Crippen LogP contribution in [-0.2, 0) is 0 Å². The molecule has 5 heteroatoms. The summed E-state index contributed by atoms with van der Waals surface area (Å²) in [4.78, 5) is 16.6. The molecular weight excluding hydrogens is 252 g/mol. The Kier molecular flexibility index (Phi) is 2.95. The smallest absolute Gasteiger partial charge is 0.274 e. The quantitative estimate of drug-likeness (QED) is 0.775. The van der Waals surface area contributed by atoms with E-state index in [1.54, 1.807) is 10.6 Å². The molecule has 0 saturated carbocycles. The molecule has 0 aliphatic carbocycles. The molecule has 3 rings (SSSR count). The Morgan fingerprint density at radius 3 is 2.65 bits per heavy atom. The summed E-state index contributed by atoms with van der Waals surface area (Å²) in [6, 6.07) is 12.9. The van der Waals surface area contributed by atoms with Crippen molar-refractivity contribution in [2.45, 2.75) is 13.8 Å². The van der Waals surface area contributed by atoms with Gasteiger partial charge in [0.1, 0.15) is 5.69 Å². The number of hydrogen-bond acceptors (Lipinski definition) is 3. The third-order valence-electron chi connectivity index (χ3n) is 2.99. The highest BCUT2D eigenvalue weighted by Crippen LogP contribution is 2.11. The van der Waals surface area contributed by atoms with Gasteiger partial charge >= 0.3 is 0 Å². The molecule has 5 nitrogen and oxygen atoms in total. The van der Waals surface area contributed by atoms with Gasteiger partial charge in [0.15, 0.2) is 5.65 Å². The lowest BCUT2D eigenvalue weighted by atomic mass is 10.3. The lowest BCUT2D eigenvalue weighted by Gasteiger charge is -2.06. The second-order valence-corrected chi connectivity index (χ2v) is 4.66. The summed E-state index contributed by atoms with van der Waals surface area (Å²) in [5, 5.41) is 7.15. The Hall–Kier alpha value is -2.69. The van der Waals surface area contributed by atoms with E-state index in [2.05, 4.69) is 15.4 Å². The van der Waals surface area contributed by atoms with Gasteiger partial charge in [0.05, 0.1) is 5.69 Å². The Bertz CT molecular complexity index is 777. The van der Waals surface area contributed by atoms with Crippen molar-refractivity contribution >= 4 is 17.2 Å². The summed E-state index contributed by atoms with van der Waals surface area (Å²) in [6.07, 6.45) is 0. The van der Waals surface area contributed by atoms with Gasteiger partial charge in [-0.25, -0.2) is 9.50 Å². The molecule has 2 heterocycles. The summed E-state index contributed by atoms with van der Waals surface area (Å²) < 4.78 is 1.73. The van der Waals surface area contributed by atoms with Crippen molar-refractivity contribution < 1.29 is 4.79 Å². The zero-order chi connectivity index (χ0) is 14.1. The van der Waals surface area contributed by atoms with Gasteiger partial charge in [0.2, 0.25) is 0 Å². The van der Waals surface area contributed by atoms with Crippen LogP contribution in [0.2, 0.25) is 0 Å². The van der Waals surface area contributed by atoms with Gasteiger partial charge in [-0.05, 0) is 32.0 Å². The van der Waals surface area contributed by atoms with Gasteiger partial charge < -0.3 is 5.32 Å². The molecule has 0 aliphatic heterocycles. The van der Waals surface area contributed by atoms with Crippen LogP contribution in [0.25, 0.3) is 5.65 Å². The summed E-state index contributed by atoms with van der Waals surface area (Å²) >= 11 is 0. The number of para-hydroxylation sites is 1. The number of amides is 1. The number of hydrogen-bond donors (Lipinski definition) is 1. The topological polar surface area (TPSA) is 59.3 Å². The Labute approximate surface area is 116 Å². The minimum atomic E-state index is -0.222. The highest BCUT2D eigenvalue weighted by atomic mass is 16.1. The lowest BCUT2D eigenvalue weighted by molar-refractivity contribution is 0.102. The maximum absolute atomic E-state index is 12.2. The van der Waals surface area contributed by atoms with Crippen molar-refractivity contribution in [3.63, 3.8) is 0 Å². The predicted octanol–water partition coefficient (Wildman–Crippen LogP) is 2.60. The number of nitrogens with one attached hydrogen (secondary N) is 1. The zero-order valence-electron chi connectivity index (χ0n) is 11.3. The van der Waals surface area contributed by atoms with E-state index in [0.29, 0.717) is 11.3 Å². The first kappa shape index (κ1) is 12.3. The summed E-state index contributed by atoms with van der Waals surface area (Å²) in [5.41, 5.74) is 3.57. The molecule has 0 saturated heterocycles. The molecule has 20 heavy (non-hydrogen) atoms. The van der Waals surface area contributed by atoms with E-state index >= 15 is 0 Å². The van der Waals surface area contributed by atoms with E-state index in [-0.39, 0.29) is 5.91 Å². The minimum absolute atomic E-state index is 0.222. The number of nitrogens with zero attached hydrogens (tertiary/aromatic N) is 3. The van der Waals surface area contributed by atoms with Gasteiger partial charge in [0, 0.05) is 17.4 Å². The van der Waals surface area contributed by atoms with Crippen LogP contribution in [0.15, 0.2) is 42.5 Å². The fourth-order valence-electron chi connectivity index (χ4n) is 2.07. The van der Waals surface area contributed by atoms with Crippen LogP contribution >= 0.6 is 0 Å². The van der Waals surface area contributed by atoms with Gasteiger partial charge in [-0.1, -0.05) is 18.2 Å². The first-order valence-corrected chi connectivity index (χ1v) is 6.34. The van der Waals surface area contributed by atoms with E-state index < -0.39 is 0 Å². The summed E-state index contributed by atoms with van der Waals surface area (Å²) in [7, 11) is 0. The van der Waals surface area contributed by atoms with Crippen LogP contribution in [0.1, 0.15) is 21.9 Å². The Morgan fingerprint density at radius 2 is 1.90 bits per heavy atom. The third kappa shape index (κ3) is 2.25. The number of carbonyl (C=O) groups excluding carboxylic acids is 1. The fourth-order valence-corrected chi connectivity index (χ4v) is 2.07. The number of anilines is 1. The van der Waals surface area contributed by atoms with E-state index in [4.69, 9.17) is 0 Å². The lowest BCUT2D eigenvalue weighted by Crippen LogP contribution is -2.15. The molecule has 0 spiro atoms. The number of benzene rings is 1. The molecule has 0 bridgehead atoms. The molecule has 0 fully saturated rings. The molecule has 0 atom stereocenters. The van der Waals surface area contributed by atoms with Gasteiger partial charge in [-0.15, -0.1) is 0 Å². The Morgan fingerprint density at radius 1 is 1.15 bits per heavy atom. The van der Waals surface area contributed by atoms with E-state index in [0.717, 1.165) is 17.1 Å². The van der Waals surface area contributed by atoms with Crippen molar-refractivity contribution in [2.24, 2.45) is 0 Å². The number of aryl methyl sites for hydroxylation is 2. The van der Waals surface area contributed by atoms with Crippen molar-refractivity contribution in [1.82, 2.24) is 14.6 Å². The van der Waals surface area contributed by atoms with E-state index in [9.17, 15) is 4.79 Å². The standard InChI is InChI=1S/C15H14N4O/c1-10-8-14-17-13(9-11(2)19(14)18-10)15(20)16-12-6-4-3-5-7-12/h3-9H,1-2H3,(H,16,20). The second kappa shape index (κ2) is 4.77. The van der Waals surface area contributed by atoms with Crippen molar-refractivity contribution in [1.29, 1.82) is 0 Å². The van der Waals surface area contributed by atoms with Crippen molar-refractivity contribution in [3.05, 3.63) is 59.5 Å². The first-order chi connectivity index (χ1) is 9.63. The molecular formula is C15H14N4O. The third-order valence-corrected chi connectivity index (χ3v) is 2.99. The molecule has 0 aliphatic rings. The van der Waals surface area contributed by atoms with Crippen LogP contribution in [0.5, 0.6) is 0 Å². The maximum Gasteiger partial charge on any atom is 0.274 e. The van der Waals surface area contributed by atoms with Gasteiger partial charge in [-0.3, -0.25) is 4.79 Å². The molecule has 3 aromatic rings. The number of rotatable bonds is 2. The van der Waals surface area contributed by atoms with Crippen LogP contribution in [-0.4, -0.2) is 20.5 Å². The zero-order valence-corrected chi connectivity index (χ0v) is 11.3. The summed E-state index contributed by atoms with van der Waals surface area (Å²) in [5.74, 6) is -0.222. The highest BCUT2D eigenvalue weighted by Gasteiger charge is 2.11. The van der Waals surface area contributed by atoms with Crippen LogP contribution in [0.3, 0.4) is 0 Å². The van der Waals surface area contributed by atoms with E-state index in [1.807, 2.05) is 50.2 Å². The second-order valence-electron chi connectivity index (χ2n) is 4.66. The first-order valence-electron chi connectivity index (χ1n) is 6.34. The van der Waals surface area contributed by atoms with Crippen LogP contribution in [0.4, 0.5) is 5.69 Å². The number of carbonyl (C=O) groups is 1. The molecule has 1 amide bonds. The molecule has 0 unspecified atom stereocenters. The molecule has 2 aromatic heterocycles. The SMILES string of the molecule is Cc1cc2nc(C(=O)Nc3ccccc3)cc(C)n2n1. The average Bonchev–Trinajstić information content (AvgIpc) is 2.81. The minimum Gasteiger partial charge on any atom is -0.321 e. The normalized spacial score (nSPS) is 10.7. The predicted molar refractivity (Wildman–Crippen MR) is 76.9 cm³/mol. The monoisotopic (exact) mass is 266 g/mol. The number of aromatic nitrogens is 3. The largest absolute Gasteiger partial charge is 0.321 e. The molecule has 1 aromatic carbocycles. The maximum atomic E-state index is 12.2. The van der Waals surface area contributed by atoms with E-state index in [1.165, 1.54) is 0 Å². The Balaban J connectivity index is 1.95. The molecule has 0 radical (unpaired) electrons. The van der Waals surface area contributed by atoms with Crippen LogP contribution in [0, 0.1) is 13.8 Å². The summed E-state index contributed by atoms with van der Waals surface area (Å²) in [6.45, 7) is 3.80. The number of fused-ring (bicyclic) bond motifs is 1. The molecule has 1 N–H and O–H groups in total. The van der Waals surface area contributed by atoms with Crippen molar-refractivity contribution in [3.8, 4) is 0 Å².